The van der Waals surface area contributed by atoms with Crippen molar-refractivity contribution in [1.82, 2.24) is 10.3 Å². The second-order valence-corrected chi connectivity index (χ2v) is 6.74. The zero-order valence-electron chi connectivity index (χ0n) is 15.2. The van der Waals surface area contributed by atoms with Gasteiger partial charge < -0.3 is 25.3 Å². The largest absolute Gasteiger partial charge is 0.573 e. The number of aromatic nitrogens is 1. The number of amides is 2. The quantitative estimate of drug-likeness (QED) is 0.593. The monoisotopic (exact) mass is 433 g/mol. The molecule has 158 valence electrons. The predicted molar refractivity (Wildman–Crippen MR) is 96.7 cm³/mol. The van der Waals surface area contributed by atoms with Gasteiger partial charge in [0.05, 0.1) is 13.2 Å². The van der Waals surface area contributed by atoms with Crippen LogP contribution in [0.25, 0.3) is 0 Å². The number of ether oxygens (including phenoxy) is 3. The molecule has 0 fully saturated rings. The number of nitrogens with two attached hydrogens (primary N) is 1. The summed E-state index contributed by atoms with van der Waals surface area (Å²) in [7, 11) is 1.53. The molecule has 0 spiro atoms. The molecule has 12 heteroatoms. The Labute approximate surface area is 167 Å². The van der Waals surface area contributed by atoms with Crippen molar-refractivity contribution in [3.8, 4) is 11.5 Å². The number of halogens is 3. The number of primary amides is 1. The second-order valence-electron chi connectivity index (χ2n) is 5.57. The van der Waals surface area contributed by atoms with Crippen molar-refractivity contribution in [3.05, 3.63) is 39.8 Å². The molecule has 2 rings (SSSR count). The highest BCUT2D eigenvalue weighted by Gasteiger charge is 2.31. The lowest BCUT2D eigenvalue weighted by atomic mass is 10.3. The van der Waals surface area contributed by atoms with Gasteiger partial charge in [-0.3, -0.25) is 9.59 Å². The molecule has 1 aromatic heterocycles. The van der Waals surface area contributed by atoms with Crippen molar-refractivity contribution >= 4 is 23.2 Å². The normalized spacial score (nSPS) is 11.2. The van der Waals surface area contributed by atoms with Crippen molar-refractivity contribution in [2.24, 2.45) is 5.73 Å². The molecule has 0 aliphatic rings. The van der Waals surface area contributed by atoms with Crippen LogP contribution in [0.1, 0.15) is 20.4 Å². The maximum absolute atomic E-state index is 12.1. The summed E-state index contributed by atoms with van der Waals surface area (Å²) in [6.45, 7) is 0.109. The van der Waals surface area contributed by atoms with Gasteiger partial charge in [0.1, 0.15) is 22.2 Å². The molecule has 0 unspecified atom stereocenters. The van der Waals surface area contributed by atoms with Gasteiger partial charge >= 0.3 is 6.36 Å². The molecule has 2 amide bonds. The van der Waals surface area contributed by atoms with Gasteiger partial charge in [0.15, 0.2) is 6.61 Å². The van der Waals surface area contributed by atoms with E-state index in [0.717, 1.165) is 12.1 Å². The Hall–Kier alpha value is -2.86. The van der Waals surface area contributed by atoms with Crippen molar-refractivity contribution in [3.63, 3.8) is 0 Å². The fraction of sp³-hybridized carbons (Fsp3) is 0.353. The smallest absolute Gasteiger partial charge is 0.484 e. The van der Waals surface area contributed by atoms with Crippen LogP contribution < -0.4 is 20.5 Å². The molecule has 0 saturated heterocycles. The van der Waals surface area contributed by atoms with Gasteiger partial charge in [-0.2, -0.15) is 0 Å². The van der Waals surface area contributed by atoms with Crippen LogP contribution in [-0.4, -0.2) is 43.5 Å². The van der Waals surface area contributed by atoms with E-state index in [4.69, 9.17) is 15.2 Å². The number of nitrogens with zero attached hydrogens (tertiary/aromatic N) is 1. The molecule has 8 nitrogen and oxygen atoms in total. The summed E-state index contributed by atoms with van der Waals surface area (Å²) >= 11 is 1.24. The fourth-order valence-electron chi connectivity index (χ4n) is 2.14. The highest BCUT2D eigenvalue weighted by molar-refractivity contribution is 7.11. The minimum Gasteiger partial charge on any atom is -0.484 e. The number of hydrogen-bond acceptors (Lipinski definition) is 7. The number of hydrogen-bond donors (Lipinski definition) is 2. The lowest BCUT2D eigenvalue weighted by Gasteiger charge is -2.10. The molecule has 29 heavy (non-hydrogen) atoms. The van der Waals surface area contributed by atoms with Crippen LogP contribution >= 0.6 is 11.3 Å². The number of benzene rings is 1. The zero-order valence-corrected chi connectivity index (χ0v) is 16.1. The minimum atomic E-state index is -4.78. The van der Waals surface area contributed by atoms with Crippen molar-refractivity contribution < 1.29 is 37.0 Å². The second kappa shape index (κ2) is 10.1. The molecule has 0 aliphatic carbocycles. The Kier molecular flexibility index (Phi) is 7.79. The Morgan fingerprint density at radius 3 is 2.45 bits per heavy atom. The first-order chi connectivity index (χ1) is 13.7. The van der Waals surface area contributed by atoms with Crippen molar-refractivity contribution in [1.29, 1.82) is 0 Å². The summed E-state index contributed by atoms with van der Waals surface area (Å²) < 4.78 is 50.2. The van der Waals surface area contributed by atoms with E-state index in [0.29, 0.717) is 22.9 Å². The van der Waals surface area contributed by atoms with Gasteiger partial charge in [-0.05, 0) is 24.3 Å². The Balaban J connectivity index is 1.83. The Morgan fingerprint density at radius 1 is 1.21 bits per heavy atom. The first-order valence-corrected chi connectivity index (χ1v) is 9.02. The van der Waals surface area contributed by atoms with E-state index in [2.05, 4.69) is 15.0 Å². The summed E-state index contributed by atoms with van der Waals surface area (Å²) in [4.78, 5) is 28.1. The minimum absolute atomic E-state index is 0.0679. The molecule has 0 radical (unpaired) electrons. The summed E-state index contributed by atoms with van der Waals surface area (Å²) in [6.07, 6.45) is -4.31. The van der Waals surface area contributed by atoms with Gasteiger partial charge in [-0.15, -0.1) is 24.5 Å². The summed E-state index contributed by atoms with van der Waals surface area (Å²) in [5.41, 5.74) is 5.44. The van der Waals surface area contributed by atoms with Crippen LogP contribution in [0, 0.1) is 0 Å². The summed E-state index contributed by atoms with van der Waals surface area (Å²) in [5, 5.41) is 3.07. The first-order valence-electron chi connectivity index (χ1n) is 8.20. The maximum atomic E-state index is 12.1. The van der Waals surface area contributed by atoms with E-state index in [1.54, 1.807) is 0 Å². The topological polar surface area (TPSA) is 113 Å². The lowest BCUT2D eigenvalue weighted by Crippen LogP contribution is -2.28. The third kappa shape index (κ3) is 7.58. The molecule has 0 atom stereocenters. The van der Waals surface area contributed by atoms with Crippen LogP contribution in [0.3, 0.4) is 0 Å². The average molecular weight is 433 g/mol. The van der Waals surface area contributed by atoms with Gasteiger partial charge in [0.2, 0.25) is 0 Å². The van der Waals surface area contributed by atoms with E-state index in [-0.39, 0.29) is 24.6 Å². The standard InChI is InChI=1S/C17H18F3N3O5S/c1-26-7-6-12-15(16(21)25)23-14(29-12)8-22-13(24)9-27-10-2-4-11(5-3-10)28-17(18,19)20/h2-5H,6-9H2,1H3,(H2,21,25)(H,22,24). The van der Waals surface area contributed by atoms with Gasteiger partial charge in [0, 0.05) is 18.4 Å². The van der Waals surface area contributed by atoms with Crippen LogP contribution in [0.15, 0.2) is 24.3 Å². The molecule has 3 N–H and O–H groups in total. The number of carbonyl (C=O) groups is 2. The number of thiazole rings is 1. The van der Waals surface area contributed by atoms with Gasteiger partial charge in [0.25, 0.3) is 11.8 Å². The fourth-order valence-corrected chi connectivity index (χ4v) is 3.14. The predicted octanol–water partition coefficient (Wildman–Crippen LogP) is 2.02. The lowest BCUT2D eigenvalue weighted by molar-refractivity contribution is -0.274. The SMILES string of the molecule is COCCc1sc(CNC(=O)COc2ccc(OC(F)(F)F)cc2)nc1C(N)=O. The molecule has 2 aromatic rings. The molecule has 1 heterocycles. The summed E-state index contributed by atoms with van der Waals surface area (Å²) in [5.74, 6) is -1.34. The Morgan fingerprint density at radius 2 is 1.86 bits per heavy atom. The first kappa shape index (κ1) is 22.4. The number of methoxy groups -OCH3 is 1. The highest BCUT2D eigenvalue weighted by Crippen LogP contribution is 2.24. The Bertz CT molecular complexity index is 840. The maximum Gasteiger partial charge on any atom is 0.573 e. The number of carbonyl (C=O) groups excluding carboxylic acids is 2. The molecule has 1 aromatic carbocycles. The average Bonchev–Trinajstić information content (AvgIpc) is 3.06. The molecule has 0 bridgehead atoms. The molecular formula is C17H18F3N3O5S. The highest BCUT2D eigenvalue weighted by atomic mass is 32.1. The van der Waals surface area contributed by atoms with E-state index in [9.17, 15) is 22.8 Å². The number of rotatable bonds is 10. The number of nitrogens with one attached hydrogen (secondary N) is 1. The molecular weight excluding hydrogens is 415 g/mol. The third-order valence-electron chi connectivity index (χ3n) is 3.37. The van der Waals surface area contributed by atoms with E-state index >= 15 is 0 Å². The van der Waals surface area contributed by atoms with Gasteiger partial charge in [-0.1, -0.05) is 0 Å². The molecule has 0 saturated carbocycles. The summed E-state index contributed by atoms with van der Waals surface area (Å²) in [6, 6.07) is 4.64. The van der Waals surface area contributed by atoms with Crippen LogP contribution in [0.2, 0.25) is 0 Å². The van der Waals surface area contributed by atoms with E-state index in [1.807, 2.05) is 0 Å². The van der Waals surface area contributed by atoms with Crippen molar-refractivity contribution in [2.45, 2.75) is 19.3 Å². The van der Waals surface area contributed by atoms with Crippen LogP contribution in [0.5, 0.6) is 11.5 Å². The van der Waals surface area contributed by atoms with E-state index < -0.39 is 23.9 Å². The molecule has 0 aliphatic heterocycles. The van der Waals surface area contributed by atoms with Crippen LogP contribution in [-0.2, 0) is 22.5 Å². The van der Waals surface area contributed by atoms with Crippen LogP contribution in [0.4, 0.5) is 13.2 Å². The third-order valence-corrected chi connectivity index (χ3v) is 4.49. The van der Waals surface area contributed by atoms with Crippen molar-refractivity contribution in [2.75, 3.05) is 20.3 Å². The number of alkyl halides is 3. The van der Waals surface area contributed by atoms with Gasteiger partial charge in [-0.25, -0.2) is 4.98 Å². The zero-order chi connectivity index (χ0) is 21.4. The van der Waals surface area contributed by atoms with E-state index in [1.165, 1.54) is 30.6 Å².